The summed E-state index contributed by atoms with van der Waals surface area (Å²) < 4.78 is 16.3. The Kier molecular flexibility index (Phi) is 10.1. The second-order valence-electron chi connectivity index (χ2n) is 12.3. The van der Waals surface area contributed by atoms with Crippen molar-refractivity contribution < 1.29 is 18.8 Å². The number of benzene rings is 2. The first-order valence-electron chi connectivity index (χ1n) is 16.8. The molecule has 0 fully saturated rings. The van der Waals surface area contributed by atoms with Crippen LogP contribution in [0, 0.1) is 5.82 Å². The van der Waals surface area contributed by atoms with Crippen molar-refractivity contribution in [1.29, 1.82) is 0 Å². The third-order valence-corrected chi connectivity index (χ3v) is 8.92. The molecule has 0 atom stereocenters. The van der Waals surface area contributed by atoms with Crippen molar-refractivity contribution in [3.63, 3.8) is 0 Å². The van der Waals surface area contributed by atoms with Crippen LogP contribution in [0.5, 0.6) is 0 Å². The molecule has 2 aliphatic heterocycles. The number of pyridine rings is 1. The Morgan fingerprint density at radius 2 is 1.74 bits per heavy atom. The number of carbonyl (C=O) groups is 3. The predicted octanol–water partition coefficient (Wildman–Crippen LogP) is 3.50. The van der Waals surface area contributed by atoms with Gasteiger partial charge in [0.25, 0.3) is 17.4 Å². The number of aliphatic imine (C=N–C) groups is 1. The van der Waals surface area contributed by atoms with Crippen molar-refractivity contribution in [2.24, 2.45) is 4.99 Å². The van der Waals surface area contributed by atoms with Gasteiger partial charge < -0.3 is 10.2 Å². The molecule has 4 aromatic rings. The van der Waals surface area contributed by atoms with E-state index in [0.29, 0.717) is 54.2 Å². The van der Waals surface area contributed by atoms with Gasteiger partial charge in [0.05, 0.1) is 11.3 Å². The number of aromatic nitrogens is 3. The van der Waals surface area contributed by atoms with Crippen LogP contribution >= 0.6 is 0 Å². The molecular formula is C37H38FN7O5. The lowest BCUT2D eigenvalue weighted by Gasteiger charge is -2.29. The minimum absolute atomic E-state index is 0.0361. The predicted molar refractivity (Wildman–Crippen MR) is 187 cm³/mol. The molecule has 12 nitrogen and oxygen atoms in total. The zero-order valence-electron chi connectivity index (χ0n) is 28.0. The maximum atomic E-state index is 13.7. The van der Waals surface area contributed by atoms with Crippen molar-refractivity contribution in [3.8, 4) is 0 Å². The Hall–Kier alpha value is -5.72. The van der Waals surface area contributed by atoms with Gasteiger partial charge in [0.2, 0.25) is 5.91 Å². The topological polar surface area (TPSA) is 139 Å². The van der Waals surface area contributed by atoms with Crippen molar-refractivity contribution in [1.82, 2.24) is 24.3 Å². The summed E-state index contributed by atoms with van der Waals surface area (Å²) in [6.07, 6.45) is 3.58. The van der Waals surface area contributed by atoms with Gasteiger partial charge in [0.15, 0.2) is 0 Å². The van der Waals surface area contributed by atoms with E-state index in [4.69, 9.17) is 4.99 Å². The molecular weight excluding hydrogens is 641 g/mol. The van der Waals surface area contributed by atoms with Gasteiger partial charge in [-0.2, -0.15) is 0 Å². The number of halogens is 1. The smallest absolute Gasteiger partial charge is 0.332 e. The molecule has 0 radical (unpaired) electrons. The van der Waals surface area contributed by atoms with Crippen LogP contribution in [-0.4, -0.2) is 68.6 Å². The largest absolute Gasteiger partial charge is 0.355 e. The summed E-state index contributed by atoms with van der Waals surface area (Å²) in [5, 5.41) is 2.69. The monoisotopic (exact) mass is 679 g/mol. The molecule has 0 bridgehead atoms. The first-order valence-corrected chi connectivity index (χ1v) is 16.8. The maximum Gasteiger partial charge on any atom is 0.332 e. The SMILES string of the molecule is CCCn1c(=O)c2c(n(CCNC(C)=O)c1=O)N=C(c1ccc(N(CCCN3CCc4ccccc4C3=O)C(=O)c3ccc(F)cc3)nc1)C2. The zero-order valence-corrected chi connectivity index (χ0v) is 28.0. The summed E-state index contributed by atoms with van der Waals surface area (Å²) in [5.74, 6) is -0.479. The second-order valence-corrected chi connectivity index (χ2v) is 12.3. The average molecular weight is 680 g/mol. The van der Waals surface area contributed by atoms with Crippen LogP contribution in [0.1, 0.15) is 64.1 Å². The van der Waals surface area contributed by atoms with Crippen molar-refractivity contribution in [3.05, 3.63) is 121 Å². The molecule has 0 aliphatic carbocycles. The minimum atomic E-state index is -0.482. The van der Waals surface area contributed by atoms with Crippen LogP contribution in [0.15, 0.2) is 81.4 Å². The van der Waals surface area contributed by atoms with Crippen LogP contribution in [0.4, 0.5) is 16.0 Å². The van der Waals surface area contributed by atoms with Crippen LogP contribution in [0.25, 0.3) is 0 Å². The molecule has 0 saturated heterocycles. The normalized spacial score (nSPS) is 13.5. The summed E-state index contributed by atoms with van der Waals surface area (Å²) in [7, 11) is 0. The lowest BCUT2D eigenvalue weighted by Crippen LogP contribution is -2.42. The molecule has 0 spiro atoms. The third kappa shape index (κ3) is 7.02. The summed E-state index contributed by atoms with van der Waals surface area (Å²) in [6, 6.07) is 16.3. The minimum Gasteiger partial charge on any atom is -0.355 e. The van der Waals surface area contributed by atoms with E-state index in [9.17, 15) is 28.4 Å². The molecule has 13 heteroatoms. The fraction of sp³-hybridized carbons (Fsp3) is 0.324. The Labute approximate surface area is 287 Å². The first-order chi connectivity index (χ1) is 24.2. The Morgan fingerprint density at radius 3 is 2.46 bits per heavy atom. The molecule has 4 heterocycles. The van der Waals surface area contributed by atoms with E-state index in [1.807, 2.05) is 31.2 Å². The number of nitrogens with one attached hydrogen (secondary N) is 1. The lowest BCUT2D eigenvalue weighted by atomic mass is 9.99. The molecule has 2 aromatic carbocycles. The average Bonchev–Trinajstić information content (AvgIpc) is 3.57. The molecule has 6 rings (SSSR count). The molecule has 0 unspecified atom stereocenters. The highest BCUT2D eigenvalue weighted by Crippen LogP contribution is 2.27. The van der Waals surface area contributed by atoms with Gasteiger partial charge in [-0.25, -0.2) is 19.2 Å². The van der Waals surface area contributed by atoms with E-state index in [2.05, 4.69) is 10.3 Å². The van der Waals surface area contributed by atoms with Crippen LogP contribution in [0.3, 0.4) is 0 Å². The lowest BCUT2D eigenvalue weighted by molar-refractivity contribution is -0.119. The standard InChI is InChI=1S/C37H38FN7O5/c1-3-17-45-36(49)30-22-31(41-33(30)44(37(45)50)21-16-39-24(2)46)27-11-14-32(40-23-27)43(34(47)26-9-12-28(38)13-10-26)19-6-18-42-20-15-25-7-4-5-8-29(25)35(42)48/h4-5,7-14,23H,3,6,15-22H2,1-2H3,(H,39,46). The molecule has 50 heavy (non-hydrogen) atoms. The summed E-state index contributed by atoms with van der Waals surface area (Å²) in [4.78, 5) is 77.6. The molecule has 0 saturated carbocycles. The summed E-state index contributed by atoms with van der Waals surface area (Å²) in [6.45, 7) is 5.15. The van der Waals surface area contributed by atoms with E-state index < -0.39 is 17.1 Å². The van der Waals surface area contributed by atoms with Gasteiger partial charge >= 0.3 is 5.69 Å². The van der Waals surface area contributed by atoms with Gasteiger partial charge in [-0.05, 0) is 67.3 Å². The van der Waals surface area contributed by atoms with E-state index in [0.717, 1.165) is 12.0 Å². The molecule has 2 aliphatic rings. The third-order valence-electron chi connectivity index (χ3n) is 8.92. The van der Waals surface area contributed by atoms with Gasteiger partial charge in [-0.3, -0.25) is 33.2 Å². The van der Waals surface area contributed by atoms with Crippen molar-refractivity contribution in [2.45, 2.75) is 52.6 Å². The van der Waals surface area contributed by atoms with Gasteiger partial charge in [0, 0.05) is 75.5 Å². The van der Waals surface area contributed by atoms with Gasteiger partial charge in [0.1, 0.15) is 17.5 Å². The van der Waals surface area contributed by atoms with E-state index in [1.165, 1.54) is 45.2 Å². The maximum absolute atomic E-state index is 13.7. The fourth-order valence-electron chi connectivity index (χ4n) is 6.39. The van der Waals surface area contributed by atoms with E-state index in [-0.39, 0.29) is 61.7 Å². The highest BCUT2D eigenvalue weighted by molar-refractivity contribution is 6.07. The van der Waals surface area contributed by atoms with Crippen LogP contribution < -0.4 is 21.5 Å². The van der Waals surface area contributed by atoms with Crippen LogP contribution in [-0.2, 0) is 30.7 Å². The molecule has 2 aromatic heterocycles. The number of carbonyl (C=O) groups excluding carboxylic acids is 3. The van der Waals surface area contributed by atoms with E-state index in [1.54, 1.807) is 23.2 Å². The molecule has 3 amide bonds. The fourth-order valence-corrected chi connectivity index (χ4v) is 6.39. The van der Waals surface area contributed by atoms with Gasteiger partial charge in [-0.15, -0.1) is 0 Å². The van der Waals surface area contributed by atoms with Crippen molar-refractivity contribution in [2.75, 3.05) is 31.1 Å². The number of nitrogens with zero attached hydrogens (tertiary/aromatic N) is 6. The number of hydrogen-bond acceptors (Lipinski definition) is 7. The number of anilines is 1. The van der Waals surface area contributed by atoms with Crippen molar-refractivity contribution >= 4 is 35.1 Å². The van der Waals surface area contributed by atoms with Gasteiger partial charge in [-0.1, -0.05) is 25.1 Å². The Morgan fingerprint density at radius 1 is 0.960 bits per heavy atom. The zero-order chi connectivity index (χ0) is 35.4. The highest BCUT2D eigenvalue weighted by Gasteiger charge is 2.28. The first kappa shape index (κ1) is 34.2. The number of hydrogen-bond donors (Lipinski definition) is 1. The quantitative estimate of drug-likeness (QED) is 0.243. The number of rotatable bonds is 12. The molecule has 258 valence electrons. The number of amides is 3. The summed E-state index contributed by atoms with van der Waals surface area (Å²) in [5.41, 5.74) is 2.68. The molecule has 1 N–H and O–H groups in total. The van der Waals surface area contributed by atoms with Crippen LogP contribution in [0.2, 0.25) is 0 Å². The van der Waals surface area contributed by atoms with E-state index >= 15 is 0 Å². The Balaban J connectivity index is 1.24. The Bertz CT molecular complexity index is 2090. The number of fused-ring (bicyclic) bond motifs is 2. The second kappa shape index (κ2) is 14.8. The highest BCUT2D eigenvalue weighted by atomic mass is 19.1. The summed E-state index contributed by atoms with van der Waals surface area (Å²) >= 11 is 0.